The zero-order valence-corrected chi connectivity index (χ0v) is 9.32. The molecule has 0 radical (unpaired) electrons. The first-order valence-electron chi connectivity index (χ1n) is 4.24. The second-order valence-electron chi connectivity index (χ2n) is 2.89. The molecule has 0 spiro atoms. The lowest BCUT2D eigenvalue weighted by molar-refractivity contribution is 0.103. The van der Waals surface area contributed by atoms with Gasteiger partial charge in [-0.05, 0) is 24.1 Å². The third-order valence-corrected chi connectivity index (χ3v) is 2.76. The van der Waals surface area contributed by atoms with Crippen LogP contribution in [0.2, 0.25) is 10.0 Å². The summed E-state index contributed by atoms with van der Waals surface area (Å²) in [5, 5.41) is 0.690. The molecule has 1 nitrogen and oxygen atoms in total. The van der Waals surface area contributed by atoms with E-state index in [-0.39, 0.29) is 5.78 Å². The number of hydrogen-bond donors (Lipinski definition) is 0. The summed E-state index contributed by atoms with van der Waals surface area (Å²) in [4.78, 5) is 11.7. The van der Waals surface area contributed by atoms with Gasteiger partial charge in [0.25, 0.3) is 0 Å². The maximum Gasteiger partial charge on any atom is 0.189 e. The number of allylic oxidation sites excluding steroid dienone is 1. The van der Waals surface area contributed by atoms with Gasteiger partial charge in [0.05, 0.1) is 10.0 Å². The fourth-order valence-corrected chi connectivity index (χ4v) is 1.42. The fraction of sp³-hybridized carbons (Fsp3) is 0.182. The van der Waals surface area contributed by atoms with Gasteiger partial charge in [-0.2, -0.15) is 0 Å². The predicted molar refractivity (Wildman–Crippen MR) is 60.2 cm³/mol. The van der Waals surface area contributed by atoms with Crippen LogP contribution in [-0.2, 0) is 0 Å². The Balaban J connectivity index is 3.14. The van der Waals surface area contributed by atoms with Crippen LogP contribution in [0.15, 0.2) is 30.4 Å². The molecule has 0 fully saturated rings. The van der Waals surface area contributed by atoms with Crippen LogP contribution in [0.4, 0.5) is 0 Å². The Morgan fingerprint density at radius 1 is 1.43 bits per heavy atom. The molecule has 14 heavy (non-hydrogen) atoms. The zero-order chi connectivity index (χ0) is 10.7. The van der Waals surface area contributed by atoms with Gasteiger partial charge < -0.3 is 0 Å². The summed E-state index contributed by atoms with van der Waals surface area (Å²) in [7, 11) is 0. The summed E-state index contributed by atoms with van der Waals surface area (Å²) in [5.41, 5.74) is 0.959. The molecule has 0 aromatic heterocycles. The standard InChI is InChI=1S/C11H10Cl2O/c1-3-7(2)11(14)8-5-4-6-9(12)10(8)13/h4-6H,2-3H2,1H3. The molecular weight excluding hydrogens is 219 g/mol. The Morgan fingerprint density at radius 3 is 2.64 bits per heavy atom. The number of carbonyl (C=O) groups is 1. The quantitative estimate of drug-likeness (QED) is 0.562. The van der Waals surface area contributed by atoms with Gasteiger partial charge in [0.1, 0.15) is 0 Å². The van der Waals surface area contributed by atoms with Crippen molar-refractivity contribution in [3.05, 3.63) is 46.0 Å². The highest BCUT2D eigenvalue weighted by molar-refractivity contribution is 6.44. The molecule has 0 amide bonds. The van der Waals surface area contributed by atoms with Crippen LogP contribution < -0.4 is 0 Å². The van der Waals surface area contributed by atoms with E-state index in [1.54, 1.807) is 18.2 Å². The van der Waals surface area contributed by atoms with E-state index in [1.807, 2.05) is 6.92 Å². The van der Waals surface area contributed by atoms with Gasteiger partial charge in [0.2, 0.25) is 0 Å². The second kappa shape index (κ2) is 4.63. The summed E-state index contributed by atoms with van der Waals surface area (Å²) in [6.45, 7) is 5.54. The Hall–Kier alpha value is -0.790. The number of halogens is 2. The van der Waals surface area contributed by atoms with E-state index < -0.39 is 0 Å². The monoisotopic (exact) mass is 228 g/mol. The second-order valence-corrected chi connectivity index (χ2v) is 3.67. The van der Waals surface area contributed by atoms with Crippen LogP contribution in [0.1, 0.15) is 23.7 Å². The number of benzene rings is 1. The minimum absolute atomic E-state index is 0.139. The molecule has 0 aliphatic carbocycles. The minimum atomic E-state index is -0.139. The van der Waals surface area contributed by atoms with Crippen molar-refractivity contribution in [3.8, 4) is 0 Å². The summed E-state index contributed by atoms with van der Waals surface area (Å²) in [6, 6.07) is 5.00. The highest BCUT2D eigenvalue weighted by atomic mass is 35.5. The molecular formula is C11H10Cl2O. The average molecular weight is 229 g/mol. The Morgan fingerprint density at radius 2 is 2.07 bits per heavy atom. The molecule has 1 rings (SSSR count). The maximum absolute atomic E-state index is 11.7. The molecule has 3 heteroatoms. The van der Waals surface area contributed by atoms with Crippen LogP contribution in [0.5, 0.6) is 0 Å². The van der Waals surface area contributed by atoms with Gasteiger partial charge in [0.15, 0.2) is 5.78 Å². The van der Waals surface area contributed by atoms with E-state index in [0.29, 0.717) is 27.6 Å². The van der Waals surface area contributed by atoms with Gasteiger partial charge in [-0.15, -0.1) is 0 Å². The summed E-state index contributed by atoms with van der Waals surface area (Å²) < 4.78 is 0. The topological polar surface area (TPSA) is 17.1 Å². The van der Waals surface area contributed by atoms with Crippen LogP contribution in [0, 0.1) is 0 Å². The molecule has 0 saturated heterocycles. The van der Waals surface area contributed by atoms with E-state index in [2.05, 4.69) is 6.58 Å². The molecule has 1 aromatic carbocycles. The highest BCUT2D eigenvalue weighted by Gasteiger charge is 2.13. The number of carbonyl (C=O) groups excluding carboxylic acids is 1. The average Bonchev–Trinajstić information content (AvgIpc) is 2.20. The first kappa shape index (κ1) is 11.3. The van der Waals surface area contributed by atoms with E-state index >= 15 is 0 Å². The smallest absolute Gasteiger partial charge is 0.189 e. The summed E-state index contributed by atoms with van der Waals surface area (Å²) >= 11 is 11.7. The van der Waals surface area contributed by atoms with Crippen LogP contribution in [0.25, 0.3) is 0 Å². The highest BCUT2D eigenvalue weighted by Crippen LogP contribution is 2.27. The first-order chi connectivity index (χ1) is 6.57. The van der Waals surface area contributed by atoms with Crippen LogP contribution in [-0.4, -0.2) is 5.78 Å². The molecule has 0 unspecified atom stereocenters. The Labute approximate surface area is 93.3 Å². The van der Waals surface area contributed by atoms with Gasteiger partial charge in [-0.1, -0.05) is 42.8 Å². The lowest BCUT2D eigenvalue weighted by Crippen LogP contribution is -2.02. The van der Waals surface area contributed by atoms with Crippen molar-refractivity contribution in [1.82, 2.24) is 0 Å². The molecule has 0 aliphatic rings. The van der Waals surface area contributed by atoms with E-state index in [4.69, 9.17) is 23.2 Å². The third kappa shape index (κ3) is 2.17. The number of rotatable bonds is 3. The van der Waals surface area contributed by atoms with E-state index in [1.165, 1.54) is 0 Å². The van der Waals surface area contributed by atoms with Crippen molar-refractivity contribution in [2.24, 2.45) is 0 Å². The lowest BCUT2D eigenvalue weighted by atomic mass is 10.0. The lowest BCUT2D eigenvalue weighted by Gasteiger charge is -2.05. The van der Waals surface area contributed by atoms with Crippen molar-refractivity contribution in [3.63, 3.8) is 0 Å². The predicted octanol–water partition coefficient (Wildman–Crippen LogP) is 4.14. The fourth-order valence-electron chi connectivity index (χ4n) is 1.03. The van der Waals surface area contributed by atoms with Gasteiger partial charge in [-0.25, -0.2) is 0 Å². The molecule has 1 aromatic rings. The van der Waals surface area contributed by atoms with Crippen LogP contribution in [0.3, 0.4) is 0 Å². The largest absolute Gasteiger partial charge is 0.289 e. The van der Waals surface area contributed by atoms with Crippen molar-refractivity contribution >= 4 is 29.0 Å². The molecule has 0 atom stereocenters. The number of ketones is 1. The molecule has 0 aliphatic heterocycles. The first-order valence-corrected chi connectivity index (χ1v) is 5.00. The Bertz CT molecular complexity index is 383. The van der Waals surface area contributed by atoms with Gasteiger partial charge in [-0.3, -0.25) is 4.79 Å². The van der Waals surface area contributed by atoms with E-state index in [0.717, 1.165) is 0 Å². The number of Topliss-reactive ketones (excluding diaryl/α,β-unsaturated/α-hetero) is 1. The minimum Gasteiger partial charge on any atom is -0.289 e. The Kier molecular flexibility index (Phi) is 3.73. The number of hydrogen-bond acceptors (Lipinski definition) is 1. The normalized spacial score (nSPS) is 9.93. The summed E-state index contributed by atoms with van der Waals surface area (Å²) in [6.07, 6.45) is 0.613. The van der Waals surface area contributed by atoms with Crippen molar-refractivity contribution in [1.29, 1.82) is 0 Å². The molecule has 0 heterocycles. The van der Waals surface area contributed by atoms with E-state index in [9.17, 15) is 4.79 Å². The van der Waals surface area contributed by atoms with Gasteiger partial charge >= 0.3 is 0 Å². The van der Waals surface area contributed by atoms with Gasteiger partial charge in [0, 0.05) is 5.56 Å². The maximum atomic E-state index is 11.7. The van der Waals surface area contributed by atoms with Crippen molar-refractivity contribution < 1.29 is 4.79 Å². The third-order valence-electron chi connectivity index (χ3n) is 1.94. The zero-order valence-electron chi connectivity index (χ0n) is 7.81. The molecule has 0 bridgehead atoms. The van der Waals surface area contributed by atoms with Crippen LogP contribution >= 0.6 is 23.2 Å². The molecule has 0 N–H and O–H groups in total. The molecule has 0 saturated carbocycles. The van der Waals surface area contributed by atoms with Crippen molar-refractivity contribution in [2.75, 3.05) is 0 Å². The SMILES string of the molecule is C=C(CC)C(=O)c1cccc(Cl)c1Cl. The molecule has 74 valence electrons. The van der Waals surface area contributed by atoms with Crippen molar-refractivity contribution in [2.45, 2.75) is 13.3 Å². The summed E-state index contributed by atoms with van der Waals surface area (Å²) in [5.74, 6) is -0.139.